The molecule has 3 N–H and O–H groups in total. The summed E-state index contributed by atoms with van der Waals surface area (Å²) < 4.78 is 10.4. The topological polar surface area (TPSA) is 133 Å². The lowest BCUT2D eigenvalue weighted by molar-refractivity contribution is -0.140. The van der Waals surface area contributed by atoms with Crippen molar-refractivity contribution < 1.29 is 28.3 Å². The van der Waals surface area contributed by atoms with Gasteiger partial charge in [0.05, 0.1) is 32.5 Å². The molecule has 2 aliphatic rings. The first-order valence-electron chi connectivity index (χ1n) is 11.0. The number of likely N-dealkylation sites (tertiary alicyclic amines) is 1. The van der Waals surface area contributed by atoms with Gasteiger partial charge in [-0.05, 0) is 56.1 Å². The molecule has 2 aliphatic heterocycles. The molecule has 0 aliphatic carbocycles. The number of hydrazine groups is 1. The van der Waals surface area contributed by atoms with Crippen molar-refractivity contribution in [3.05, 3.63) is 54.0 Å². The molecule has 11 nitrogen and oxygen atoms in total. The fourth-order valence-electron chi connectivity index (χ4n) is 4.22. The van der Waals surface area contributed by atoms with Gasteiger partial charge in [-0.15, -0.1) is 0 Å². The van der Waals surface area contributed by atoms with Crippen LogP contribution in [0.3, 0.4) is 0 Å². The molecule has 2 unspecified atom stereocenters. The van der Waals surface area contributed by atoms with Gasteiger partial charge in [0.15, 0.2) is 0 Å². The molecular formula is C23H27N5O6. The maximum Gasteiger partial charge on any atom is 0.344 e. The van der Waals surface area contributed by atoms with E-state index in [1.807, 2.05) is 0 Å². The molecule has 0 saturated carbocycles. The lowest BCUT2D eigenvalue weighted by Crippen LogP contribution is -2.52. The van der Waals surface area contributed by atoms with Gasteiger partial charge in [0, 0.05) is 0 Å². The number of benzene rings is 1. The standard InChI is InChI=1S/C23H27N5O6/c1-23(15-7-9-16(33-2)10-8-15)21(31)28(22(32)25-23)26-19(29)14-27-11-3-6-18(27)20(30)24-13-17-5-4-12-34-17/h4-5,7-10,12,18H,3,6,11,13-14H2,1-2H3,(H,24,30)(H,25,32)(H,26,29). The zero-order valence-electron chi connectivity index (χ0n) is 19.0. The number of carbonyl (C=O) groups excluding carboxylic acids is 4. The largest absolute Gasteiger partial charge is 0.497 e. The average molecular weight is 469 g/mol. The minimum absolute atomic E-state index is 0.130. The Bertz CT molecular complexity index is 1070. The fourth-order valence-corrected chi connectivity index (χ4v) is 4.22. The predicted molar refractivity (Wildman–Crippen MR) is 119 cm³/mol. The summed E-state index contributed by atoms with van der Waals surface area (Å²) in [5.74, 6) is -0.126. The summed E-state index contributed by atoms with van der Waals surface area (Å²) in [5.41, 5.74) is 1.60. The van der Waals surface area contributed by atoms with Crippen LogP contribution in [0.5, 0.6) is 5.75 Å². The number of amides is 5. The predicted octanol–water partition coefficient (Wildman–Crippen LogP) is 0.867. The third-order valence-corrected chi connectivity index (χ3v) is 6.12. The molecule has 0 bridgehead atoms. The zero-order chi connectivity index (χ0) is 24.3. The molecule has 0 spiro atoms. The van der Waals surface area contributed by atoms with Crippen LogP contribution in [0, 0.1) is 0 Å². The fraction of sp³-hybridized carbons (Fsp3) is 0.391. The van der Waals surface area contributed by atoms with E-state index in [0.29, 0.717) is 35.0 Å². The van der Waals surface area contributed by atoms with Gasteiger partial charge in [0.25, 0.3) is 11.8 Å². The van der Waals surface area contributed by atoms with Gasteiger partial charge in [-0.1, -0.05) is 12.1 Å². The minimum atomic E-state index is -1.33. The van der Waals surface area contributed by atoms with Crippen molar-refractivity contribution in [2.24, 2.45) is 0 Å². The Morgan fingerprint density at radius 3 is 2.68 bits per heavy atom. The Kier molecular flexibility index (Phi) is 6.55. The van der Waals surface area contributed by atoms with Crippen molar-refractivity contribution in [2.45, 2.75) is 37.9 Å². The smallest absolute Gasteiger partial charge is 0.344 e. The van der Waals surface area contributed by atoms with Crippen molar-refractivity contribution in [3.8, 4) is 5.75 Å². The van der Waals surface area contributed by atoms with Crippen LogP contribution in [-0.2, 0) is 26.5 Å². The first-order valence-corrected chi connectivity index (χ1v) is 11.0. The highest BCUT2D eigenvalue weighted by atomic mass is 16.5. The number of hydrogen-bond donors (Lipinski definition) is 3. The lowest BCUT2D eigenvalue weighted by atomic mass is 9.92. The highest BCUT2D eigenvalue weighted by Gasteiger charge is 2.50. The summed E-state index contributed by atoms with van der Waals surface area (Å²) in [5, 5.41) is 6.14. The number of carbonyl (C=O) groups is 4. The number of imide groups is 1. The lowest BCUT2D eigenvalue weighted by Gasteiger charge is -2.25. The Morgan fingerprint density at radius 2 is 2.00 bits per heavy atom. The van der Waals surface area contributed by atoms with E-state index in [9.17, 15) is 19.2 Å². The van der Waals surface area contributed by atoms with Gasteiger partial charge in [0.1, 0.15) is 17.0 Å². The second-order valence-electron chi connectivity index (χ2n) is 8.38. The van der Waals surface area contributed by atoms with Gasteiger partial charge < -0.3 is 19.8 Å². The van der Waals surface area contributed by atoms with Crippen molar-refractivity contribution in [1.82, 2.24) is 26.0 Å². The SMILES string of the molecule is COc1ccc(C2(C)NC(=O)N(NC(=O)CN3CCCC3C(=O)NCc3ccco3)C2=O)cc1. The highest BCUT2D eigenvalue weighted by molar-refractivity contribution is 6.08. The molecule has 2 fully saturated rings. The Labute approximate surface area is 196 Å². The van der Waals surface area contributed by atoms with Crippen LogP contribution in [0.25, 0.3) is 0 Å². The van der Waals surface area contributed by atoms with Gasteiger partial charge in [-0.2, -0.15) is 5.01 Å². The second kappa shape index (κ2) is 9.56. The van der Waals surface area contributed by atoms with E-state index in [4.69, 9.17) is 9.15 Å². The van der Waals surface area contributed by atoms with Gasteiger partial charge in [-0.25, -0.2) is 4.79 Å². The summed E-state index contributed by atoms with van der Waals surface area (Å²) in [6, 6.07) is 9.02. The average Bonchev–Trinajstić information content (AvgIpc) is 3.56. The Morgan fingerprint density at radius 1 is 1.24 bits per heavy atom. The van der Waals surface area contributed by atoms with Crippen LogP contribution in [0.4, 0.5) is 4.79 Å². The van der Waals surface area contributed by atoms with Crippen LogP contribution in [-0.4, -0.2) is 59.9 Å². The molecule has 4 rings (SSSR count). The molecule has 11 heteroatoms. The summed E-state index contributed by atoms with van der Waals surface area (Å²) in [7, 11) is 1.53. The molecule has 0 radical (unpaired) electrons. The van der Waals surface area contributed by atoms with Gasteiger partial charge >= 0.3 is 6.03 Å². The first-order chi connectivity index (χ1) is 16.3. The molecule has 3 heterocycles. The van der Waals surface area contributed by atoms with E-state index >= 15 is 0 Å². The van der Waals surface area contributed by atoms with E-state index in [0.717, 1.165) is 6.42 Å². The van der Waals surface area contributed by atoms with E-state index in [-0.39, 0.29) is 19.0 Å². The number of furan rings is 1. The van der Waals surface area contributed by atoms with E-state index in [1.54, 1.807) is 48.2 Å². The van der Waals surface area contributed by atoms with Crippen LogP contribution < -0.4 is 20.8 Å². The maximum atomic E-state index is 13.0. The number of ether oxygens (including phenoxy) is 1. The molecule has 5 amide bonds. The molecular weight excluding hydrogens is 442 g/mol. The molecule has 2 aromatic rings. The third kappa shape index (κ3) is 4.60. The number of hydrogen-bond acceptors (Lipinski definition) is 7. The molecule has 1 aromatic heterocycles. The second-order valence-corrected chi connectivity index (χ2v) is 8.38. The number of urea groups is 1. The van der Waals surface area contributed by atoms with Crippen LogP contribution in [0.15, 0.2) is 47.1 Å². The van der Waals surface area contributed by atoms with Crippen LogP contribution in [0.2, 0.25) is 0 Å². The maximum absolute atomic E-state index is 13.0. The monoisotopic (exact) mass is 469 g/mol. The van der Waals surface area contributed by atoms with E-state index in [2.05, 4.69) is 16.1 Å². The molecule has 34 heavy (non-hydrogen) atoms. The zero-order valence-corrected chi connectivity index (χ0v) is 19.0. The van der Waals surface area contributed by atoms with Crippen molar-refractivity contribution in [2.75, 3.05) is 20.2 Å². The quantitative estimate of drug-likeness (QED) is 0.489. The summed E-state index contributed by atoms with van der Waals surface area (Å²) in [4.78, 5) is 52.6. The number of nitrogens with zero attached hydrogens (tertiary/aromatic N) is 2. The number of methoxy groups -OCH3 is 1. The first kappa shape index (κ1) is 23.3. The molecule has 1 aromatic carbocycles. The molecule has 2 atom stereocenters. The summed E-state index contributed by atoms with van der Waals surface area (Å²) >= 11 is 0. The Hall–Kier alpha value is -3.86. The minimum Gasteiger partial charge on any atom is -0.497 e. The van der Waals surface area contributed by atoms with E-state index < -0.39 is 29.4 Å². The number of nitrogens with one attached hydrogen (secondary N) is 3. The van der Waals surface area contributed by atoms with Gasteiger partial charge in [0.2, 0.25) is 5.91 Å². The van der Waals surface area contributed by atoms with E-state index in [1.165, 1.54) is 13.4 Å². The normalized spacial score (nSPS) is 22.5. The molecule has 2 saturated heterocycles. The van der Waals surface area contributed by atoms with Crippen molar-refractivity contribution in [3.63, 3.8) is 0 Å². The summed E-state index contributed by atoms with van der Waals surface area (Å²) in [6.45, 7) is 2.25. The summed E-state index contributed by atoms with van der Waals surface area (Å²) in [6.07, 6.45) is 2.89. The van der Waals surface area contributed by atoms with Crippen molar-refractivity contribution in [1.29, 1.82) is 0 Å². The van der Waals surface area contributed by atoms with Crippen LogP contribution >= 0.6 is 0 Å². The molecule has 180 valence electrons. The third-order valence-electron chi connectivity index (χ3n) is 6.12. The van der Waals surface area contributed by atoms with Gasteiger partial charge in [-0.3, -0.25) is 24.7 Å². The number of rotatable bonds is 8. The highest BCUT2D eigenvalue weighted by Crippen LogP contribution is 2.29. The van der Waals surface area contributed by atoms with Crippen LogP contribution in [0.1, 0.15) is 31.1 Å². The Balaban J connectivity index is 1.35. The van der Waals surface area contributed by atoms with Crippen molar-refractivity contribution >= 4 is 23.8 Å².